The van der Waals surface area contributed by atoms with E-state index in [-0.39, 0.29) is 11.9 Å². The Morgan fingerprint density at radius 2 is 2.13 bits per heavy atom. The predicted octanol–water partition coefficient (Wildman–Crippen LogP) is -0.0825. The largest absolute Gasteiger partial charge is 0.481 e. The number of nitrogens with one attached hydrogen (secondary N) is 1. The summed E-state index contributed by atoms with van der Waals surface area (Å²) in [5, 5.41) is 11.7. The van der Waals surface area contributed by atoms with E-state index < -0.39 is 11.9 Å². The molecule has 5 nitrogen and oxygen atoms in total. The molecule has 1 aliphatic heterocycles. The summed E-state index contributed by atoms with van der Waals surface area (Å²) in [7, 11) is 0. The van der Waals surface area contributed by atoms with Gasteiger partial charge in [0.25, 0.3) is 0 Å². The van der Waals surface area contributed by atoms with Gasteiger partial charge in [0.2, 0.25) is 5.91 Å². The van der Waals surface area contributed by atoms with E-state index in [0.717, 1.165) is 6.54 Å². The number of amides is 1. The highest BCUT2D eigenvalue weighted by molar-refractivity contribution is 5.76. The topological polar surface area (TPSA) is 69.6 Å². The molecule has 0 bridgehead atoms. The molecule has 5 heteroatoms. The van der Waals surface area contributed by atoms with Gasteiger partial charge in [0.05, 0.1) is 5.92 Å². The lowest BCUT2D eigenvalue weighted by atomic mass is 10.0. The number of carbonyl (C=O) groups is 2. The van der Waals surface area contributed by atoms with Crippen molar-refractivity contribution in [2.75, 3.05) is 19.6 Å². The number of carboxylic acid groups (broad SMARTS) is 1. The summed E-state index contributed by atoms with van der Waals surface area (Å²) in [6.07, 6.45) is 0.455. The Morgan fingerprint density at radius 3 is 2.73 bits per heavy atom. The van der Waals surface area contributed by atoms with Gasteiger partial charge in [-0.1, -0.05) is 6.92 Å². The predicted molar refractivity (Wildman–Crippen MR) is 55.5 cm³/mol. The number of carbonyl (C=O) groups excluding carboxylic acids is 1. The highest BCUT2D eigenvalue weighted by Gasteiger charge is 2.26. The van der Waals surface area contributed by atoms with Crippen LogP contribution in [0.4, 0.5) is 0 Å². The minimum atomic E-state index is -0.786. The zero-order valence-corrected chi connectivity index (χ0v) is 9.19. The van der Waals surface area contributed by atoms with Crippen molar-refractivity contribution in [3.8, 4) is 0 Å². The van der Waals surface area contributed by atoms with Crippen LogP contribution in [0.2, 0.25) is 0 Å². The number of aliphatic carboxylic acids is 1. The first-order chi connectivity index (χ1) is 7.02. The van der Waals surface area contributed by atoms with Crippen molar-refractivity contribution in [1.82, 2.24) is 10.2 Å². The highest BCUT2D eigenvalue weighted by atomic mass is 16.4. The number of nitrogens with zero attached hydrogens (tertiary/aromatic N) is 1. The second-order valence-electron chi connectivity index (χ2n) is 4.00. The van der Waals surface area contributed by atoms with Crippen LogP contribution in [0, 0.1) is 5.92 Å². The molecule has 1 aliphatic rings. The van der Waals surface area contributed by atoms with Gasteiger partial charge in [0.1, 0.15) is 0 Å². The van der Waals surface area contributed by atoms with Crippen molar-refractivity contribution in [3.05, 3.63) is 0 Å². The van der Waals surface area contributed by atoms with Gasteiger partial charge in [0, 0.05) is 32.1 Å². The SMILES string of the molecule is CC(C(=O)O)C(C)N1CCNC(=O)CC1. The van der Waals surface area contributed by atoms with E-state index in [1.807, 2.05) is 6.92 Å². The first-order valence-corrected chi connectivity index (χ1v) is 5.26. The average Bonchev–Trinajstić information content (AvgIpc) is 2.40. The number of hydrogen-bond acceptors (Lipinski definition) is 3. The smallest absolute Gasteiger partial charge is 0.307 e. The fraction of sp³-hybridized carbons (Fsp3) is 0.800. The van der Waals surface area contributed by atoms with Crippen LogP contribution in [0.15, 0.2) is 0 Å². The van der Waals surface area contributed by atoms with Gasteiger partial charge < -0.3 is 10.4 Å². The van der Waals surface area contributed by atoms with E-state index >= 15 is 0 Å². The fourth-order valence-corrected chi connectivity index (χ4v) is 1.71. The van der Waals surface area contributed by atoms with Crippen LogP contribution >= 0.6 is 0 Å². The summed E-state index contributed by atoms with van der Waals surface area (Å²) in [6.45, 7) is 5.58. The van der Waals surface area contributed by atoms with Crippen LogP contribution in [-0.4, -0.2) is 47.6 Å². The van der Waals surface area contributed by atoms with Crippen LogP contribution in [0.5, 0.6) is 0 Å². The molecule has 0 aromatic rings. The second-order valence-corrected chi connectivity index (χ2v) is 4.00. The Kier molecular flexibility index (Phi) is 4.08. The second kappa shape index (κ2) is 5.11. The van der Waals surface area contributed by atoms with E-state index in [1.165, 1.54) is 0 Å². The molecule has 0 aromatic carbocycles. The van der Waals surface area contributed by atoms with Gasteiger partial charge in [0.15, 0.2) is 0 Å². The maximum absolute atomic E-state index is 11.1. The summed E-state index contributed by atoms with van der Waals surface area (Å²) in [5.74, 6) is -1.14. The van der Waals surface area contributed by atoms with Crippen molar-refractivity contribution in [3.63, 3.8) is 0 Å². The summed E-state index contributed by atoms with van der Waals surface area (Å²) in [6, 6.07) is -0.0322. The van der Waals surface area contributed by atoms with Crippen molar-refractivity contribution in [2.24, 2.45) is 5.92 Å². The molecule has 2 unspecified atom stereocenters. The van der Waals surface area contributed by atoms with Crippen LogP contribution in [-0.2, 0) is 9.59 Å². The van der Waals surface area contributed by atoms with Crippen LogP contribution in [0.3, 0.4) is 0 Å². The van der Waals surface area contributed by atoms with Crippen LogP contribution in [0.1, 0.15) is 20.3 Å². The maximum atomic E-state index is 11.1. The fourth-order valence-electron chi connectivity index (χ4n) is 1.71. The van der Waals surface area contributed by atoms with Crippen molar-refractivity contribution in [2.45, 2.75) is 26.3 Å². The first kappa shape index (κ1) is 12.0. The van der Waals surface area contributed by atoms with Gasteiger partial charge in [-0.3, -0.25) is 14.5 Å². The summed E-state index contributed by atoms with van der Waals surface area (Å²) < 4.78 is 0. The van der Waals surface area contributed by atoms with Gasteiger partial charge in [-0.05, 0) is 6.92 Å². The van der Waals surface area contributed by atoms with E-state index in [2.05, 4.69) is 10.2 Å². The standard InChI is InChI=1S/C10H18N2O3/c1-7(10(14)15)8(2)12-5-3-9(13)11-4-6-12/h7-8H,3-6H2,1-2H3,(H,11,13)(H,14,15). The minimum Gasteiger partial charge on any atom is -0.481 e. The highest BCUT2D eigenvalue weighted by Crippen LogP contribution is 2.12. The van der Waals surface area contributed by atoms with Gasteiger partial charge in [-0.15, -0.1) is 0 Å². The Morgan fingerprint density at radius 1 is 1.47 bits per heavy atom. The third kappa shape index (κ3) is 3.20. The van der Waals surface area contributed by atoms with Crippen molar-refractivity contribution in [1.29, 1.82) is 0 Å². The van der Waals surface area contributed by atoms with Gasteiger partial charge >= 0.3 is 5.97 Å². The van der Waals surface area contributed by atoms with Crippen molar-refractivity contribution >= 4 is 11.9 Å². The Balaban J connectivity index is 2.55. The molecule has 0 aliphatic carbocycles. The van der Waals surface area contributed by atoms with Crippen LogP contribution < -0.4 is 5.32 Å². The monoisotopic (exact) mass is 214 g/mol. The number of hydrogen-bond donors (Lipinski definition) is 2. The molecule has 0 radical (unpaired) electrons. The van der Waals surface area contributed by atoms with E-state index in [4.69, 9.17) is 5.11 Å². The Hall–Kier alpha value is -1.10. The molecular weight excluding hydrogens is 196 g/mol. The normalized spacial score (nSPS) is 22.7. The molecule has 1 amide bonds. The molecule has 86 valence electrons. The van der Waals surface area contributed by atoms with Gasteiger partial charge in [-0.25, -0.2) is 0 Å². The summed E-state index contributed by atoms with van der Waals surface area (Å²) >= 11 is 0. The van der Waals surface area contributed by atoms with E-state index in [1.54, 1.807) is 6.92 Å². The molecule has 1 heterocycles. The summed E-state index contributed by atoms with van der Waals surface area (Å²) in [4.78, 5) is 24.0. The third-order valence-corrected chi connectivity index (χ3v) is 3.04. The number of rotatable bonds is 3. The lowest BCUT2D eigenvalue weighted by Gasteiger charge is -2.29. The molecule has 0 saturated carbocycles. The molecular formula is C10H18N2O3. The Bertz CT molecular complexity index is 255. The molecule has 1 rings (SSSR count). The zero-order chi connectivity index (χ0) is 11.4. The van der Waals surface area contributed by atoms with E-state index in [0.29, 0.717) is 19.5 Å². The molecule has 1 saturated heterocycles. The molecule has 0 aromatic heterocycles. The Labute approximate surface area is 89.4 Å². The average molecular weight is 214 g/mol. The lowest BCUT2D eigenvalue weighted by Crippen LogP contribution is -2.42. The van der Waals surface area contributed by atoms with Crippen LogP contribution in [0.25, 0.3) is 0 Å². The molecule has 2 N–H and O–H groups in total. The molecule has 2 atom stereocenters. The summed E-state index contributed by atoms with van der Waals surface area (Å²) in [5.41, 5.74) is 0. The molecule has 15 heavy (non-hydrogen) atoms. The quantitative estimate of drug-likeness (QED) is 0.689. The third-order valence-electron chi connectivity index (χ3n) is 3.04. The first-order valence-electron chi connectivity index (χ1n) is 5.26. The lowest BCUT2D eigenvalue weighted by molar-refractivity contribution is -0.143. The zero-order valence-electron chi connectivity index (χ0n) is 9.19. The number of carboxylic acids is 1. The minimum absolute atomic E-state index is 0.0322. The van der Waals surface area contributed by atoms with Gasteiger partial charge in [-0.2, -0.15) is 0 Å². The maximum Gasteiger partial charge on any atom is 0.307 e. The molecule has 1 fully saturated rings. The van der Waals surface area contributed by atoms with E-state index in [9.17, 15) is 9.59 Å². The van der Waals surface area contributed by atoms with Crippen molar-refractivity contribution < 1.29 is 14.7 Å². The molecule has 0 spiro atoms.